The molecular formula is C21H27ClN2O. The Labute approximate surface area is 156 Å². The van der Waals surface area contributed by atoms with Gasteiger partial charge < -0.3 is 10.2 Å². The van der Waals surface area contributed by atoms with Gasteiger partial charge in [0.1, 0.15) is 0 Å². The van der Waals surface area contributed by atoms with E-state index in [4.69, 9.17) is 0 Å². The molecule has 0 radical (unpaired) electrons. The smallest absolute Gasteiger partial charge is 0.255 e. The van der Waals surface area contributed by atoms with Crippen molar-refractivity contribution in [2.75, 3.05) is 23.3 Å². The highest BCUT2D eigenvalue weighted by molar-refractivity contribution is 6.06. The second-order valence-electron chi connectivity index (χ2n) is 7.49. The number of para-hydroxylation sites is 2. The average Bonchev–Trinajstić information content (AvgIpc) is 3.09. The summed E-state index contributed by atoms with van der Waals surface area (Å²) >= 11 is 0. The first-order valence-electron chi connectivity index (χ1n) is 8.71. The number of hydrogen-bond donors (Lipinski definition) is 1. The number of amides is 1. The summed E-state index contributed by atoms with van der Waals surface area (Å²) in [5.74, 6) is -0.0536. The molecule has 134 valence electrons. The molecule has 25 heavy (non-hydrogen) atoms. The summed E-state index contributed by atoms with van der Waals surface area (Å²) < 4.78 is 0. The third-order valence-electron chi connectivity index (χ3n) is 4.61. The van der Waals surface area contributed by atoms with Crippen LogP contribution in [0.4, 0.5) is 11.4 Å². The van der Waals surface area contributed by atoms with E-state index in [2.05, 4.69) is 37.1 Å². The van der Waals surface area contributed by atoms with Gasteiger partial charge in [-0.25, -0.2) is 0 Å². The lowest BCUT2D eigenvalue weighted by Crippen LogP contribution is -2.21. The monoisotopic (exact) mass is 358 g/mol. The highest BCUT2D eigenvalue weighted by Gasteiger charge is 2.18. The topological polar surface area (TPSA) is 32.3 Å². The summed E-state index contributed by atoms with van der Waals surface area (Å²) in [4.78, 5) is 15.0. The maximum Gasteiger partial charge on any atom is 0.255 e. The molecule has 1 saturated heterocycles. The van der Waals surface area contributed by atoms with E-state index < -0.39 is 0 Å². The molecule has 4 heteroatoms. The van der Waals surface area contributed by atoms with Gasteiger partial charge in [-0.05, 0) is 48.1 Å². The van der Waals surface area contributed by atoms with Gasteiger partial charge in [0.15, 0.2) is 0 Å². The van der Waals surface area contributed by atoms with Crippen LogP contribution in [-0.4, -0.2) is 19.0 Å². The van der Waals surface area contributed by atoms with Crippen molar-refractivity contribution in [2.45, 2.75) is 39.0 Å². The standard InChI is InChI=1S/C21H26N2O.ClH/c1-21(2,3)17-12-10-16(11-13-17)20(24)22-18-8-4-5-9-19(18)23-14-6-7-15-23;/h4-5,8-13H,6-7,14-15H2,1-3H3,(H,22,24);1H. The number of nitrogens with zero attached hydrogens (tertiary/aromatic N) is 1. The minimum absolute atomic E-state index is 0. The molecule has 2 aromatic rings. The first-order chi connectivity index (χ1) is 11.4. The van der Waals surface area contributed by atoms with Gasteiger partial charge in [0, 0.05) is 18.7 Å². The summed E-state index contributed by atoms with van der Waals surface area (Å²) in [5.41, 5.74) is 4.03. The van der Waals surface area contributed by atoms with Gasteiger partial charge in [0.05, 0.1) is 11.4 Å². The van der Waals surface area contributed by atoms with Crippen molar-refractivity contribution in [2.24, 2.45) is 0 Å². The number of benzene rings is 2. The maximum absolute atomic E-state index is 12.6. The van der Waals surface area contributed by atoms with Gasteiger partial charge in [0.2, 0.25) is 0 Å². The van der Waals surface area contributed by atoms with Gasteiger partial charge in [-0.1, -0.05) is 45.0 Å². The summed E-state index contributed by atoms with van der Waals surface area (Å²) in [7, 11) is 0. The molecule has 1 N–H and O–H groups in total. The molecular weight excluding hydrogens is 332 g/mol. The van der Waals surface area contributed by atoms with E-state index in [0.29, 0.717) is 5.56 Å². The van der Waals surface area contributed by atoms with E-state index in [-0.39, 0.29) is 23.7 Å². The molecule has 1 amide bonds. The summed E-state index contributed by atoms with van der Waals surface area (Å²) in [6.07, 6.45) is 2.44. The first kappa shape index (κ1) is 19.3. The first-order valence-corrected chi connectivity index (χ1v) is 8.71. The third-order valence-corrected chi connectivity index (χ3v) is 4.61. The predicted molar refractivity (Wildman–Crippen MR) is 108 cm³/mol. The zero-order valence-electron chi connectivity index (χ0n) is 15.2. The Kier molecular flexibility index (Phi) is 6.12. The van der Waals surface area contributed by atoms with Crippen LogP contribution >= 0.6 is 12.4 Å². The van der Waals surface area contributed by atoms with Crippen LogP contribution in [0.2, 0.25) is 0 Å². The zero-order valence-corrected chi connectivity index (χ0v) is 16.0. The lowest BCUT2D eigenvalue weighted by Gasteiger charge is -2.22. The van der Waals surface area contributed by atoms with Crippen LogP contribution in [-0.2, 0) is 5.41 Å². The number of hydrogen-bond acceptors (Lipinski definition) is 2. The van der Waals surface area contributed by atoms with E-state index in [1.165, 1.54) is 18.4 Å². The lowest BCUT2D eigenvalue weighted by molar-refractivity contribution is 0.102. The van der Waals surface area contributed by atoms with Crippen molar-refractivity contribution in [1.82, 2.24) is 0 Å². The predicted octanol–water partition coefficient (Wildman–Crippen LogP) is 5.26. The van der Waals surface area contributed by atoms with E-state index in [9.17, 15) is 4.79 Å². The molecule has 3 nitrogen and oxygen atoms in total. The second-order valence-corrected chi connectivity index (χ2v) is 7.49. The molecule has 0 saturated carbocycles. The highest BCUT2D eigenvalue weighted by Crippen LogP contribution is 2.29. The molecule has 0 spiro atoms. The Bertz CT molecular complexity index is 713. The van der Waals surface area contributed by atoms with Crippen LogP contribution in [0.25, 0.3) is 0 Å². The largest absolute Gasteiger partial charge is 0.370 e. The molecule has 1 aliphatic heterocycles. The SMILES string of the molecule is CC(C)(C)c1ccc(C(=O)Nc2ccccc2N2CCCC2)cc1.Cl. The van der Waals surface area contributed by atoms with Crippen LogP contribution in [0.1, 0.15) is 49.5 Å². The average molecular weight is 359 g/mol. The summed E-state index contributed by atoms with van der Waals surface area (Å²) in [6.45, 7) is 8.65. The fraction of sp³-hybridized carbons (Fsp3) is 0.381. The maximum atomic E-state index is 12.6. The Balaban J connectivity index is 0.00000225. The molecule has 2 aromatic carbocycles. The van der Waals surface area contributed by atoms with Crippen molar-refractivity contribution in [1.29, 1.82) is 0 Å². The zero-order chi connectivity index (χ0) is 17.2. The Morgan fingerprint density at radius 3 is 2.16 bits per heavy atom. The number of carbonyl (C=O) groups is 1. The van der Waals surface area contributed by atoms with Crippen molar-refractivity contribution >= 4 is 29.7 Å². The minimum atomic E-state index is -0.0536. The number of halogens is 1. The van der Waals surface area contributed by atoms with Crippen LogP contribution in [0, 0.1) is 0 Å². The van der Waals surface area contributed by atoms with Crippen molar-refractivity contribution < 1.29 is 4.79 Å². The van der Waals surface area contributed by atoms with E-state index in [1.807, 2.05) is 42.5 Å². The highest BCUT2D eigenvalue weighted by atomic mass is 35.5. The molecule has 0 aromatic heterocycles. The van der Waals surface area contributed by atoms with Crippen molar-refractivity contribution in [3.8, 4) is 0 Å². The van der Waals surface area contributed by atoms with Crippen molar-refractivity contribution in [3.05, 3.63) is 59.7 Å². The molecule has 1 heterocycles. The number of carbonyl (C=O) groups excluding carboxylic acids is 1. The molecule has 0 aliphatic carbocycles. The van der Waals surface area contributed by atoms with Gasteiger partial charge in [-0.15, -0.1) is 12.4 Å². The van der Waals surface area contributed by atoms with Crippen LogP contribution in [0.3, 0.4) is 0 Å². The van der Waals surface area contributed by atoms with E-state index in [0.717, 1.165) is 24.5 Å². The fourth-order valence-corrected chi connectivity index (χ4v) is 3.13. The van der Waals surface area contributed by atoms with Gasteiger partial charge in [0.25, 0.3) is 5.91 Å². The molecule has 3 rings (SSSR count). The Hall–Kier alpha value is -2.00. The fourth-order valence-electron chi connectivity index (χ4n) is 3.13. The minimum Gasteiger partial charge on any atom is -0.370 e. The summed E-state index contributed by atoms with van der Waals surface area (Å²) in [6, 6.07) is 16.0. The molecule has 0 bridgehead atoms. The van der Waals surface area contributed by atoms with E-state index >= 15 is 0 Å². The lowest BCUT2D eigenvalue weighted by atomic mass is 9.87. The molecule has 0 atom stereocenters. The quantitative estimate of drug-likeness (QED) is 0.811. The summed E-state index contributed by atoms with van der Waals surface area (Å²) in [5, 5.41) is 3.08. The second kappa shape index (κ2) is 7.92. The Morgan fingerprint density at radius 2 is 1.56 bits per heavy atom. The van der Waals surface area contributed by atoms with Crippen LogP contribution in [0.5, 0.6) is 0 Å². The van der Waals surface area contributed by atoms with Crippen LogP contribution in [0.15, 0.2) is 48.5 Å². The van der Waals surface area contributed by atoms with E-state index in [1.54, 1.807) is 0 Å². The van der Waals surface area contributed by atoms with Gasteiger partial charge >= 0.3 is 0 Å². The van der Waals surface area contributed by atoms with Crippen molar-refractivity contribution in [3.63, 3.8) is 0 Å². The third kappa shape index (κ3) is 4.55. The molecule has 1 fully saturated rings. The number of nitrogens with one attached hydrogen (secondary N) is 1. The number of anilines is 2. The van der Waals surface area contributed by atoms with Crippen LogP contribution < -0.4 is 10.2 Å². The van der Waals surface area contributed by atoms with Gasteiger partial charge in [-0.3, -0.25) is 4.79 Å². The normalized spacial score (nSPS) is 14.1. The molecule has 1 aliphatic rings. The Morgan fingerprint density at radius 1 is 0.960 bits per heavy atom. The molecule has 0 unspecified atom stereocenters. The van der Waals surface area contributed by atoms with Gasteiger partial charge in [-0.2, -0.15) is 0 Å². The number of rotatable bonds is 3.